The average molecular weight is 477 g/mol. The molecule has 34 heavy (non-hydrogen) atoms. The number of anilines is 1. The number of amides is 1. The predicted octanol–water partition coefficient (Wildman–Crippen LogP) is 5.56. The quantitative estimate of drug-likeness (QED) is 0.397. The van der Waals surface area contributed by atoms with Crippen molar-refractivity contribution in [2.75, 3.05) is 18.5 Å². The highest BCUT2D eigenvalue weighted by atomic mass is 32.1. The minimum Gasteiger partial charge on any atom is -0.462 e. The van der Waals surface area contributed by atoms with Gasteiger partial charge in [0.25, 0.3) is 0 Å². The number of fused-ring (bicyclic) bond motifs is 1. The van der Waals surface area contributed by atoms with E-state index in [0.29, 0.717) is 29.6 Å². The molecule has 0 saturated carbocycles. The lowest BCUT2D eigenvalue weighted by Gasteiger charge is -2.19. The predicted molar refractivity (Wildman–Crippen MR) is 137 cm³/mol. The van der Waals surface area contributed by atoms with Gasteiger partial charge >= 0.3 is 5.97 Å². The van der Waals surface area contributed by atoms with E-state index in [1.807, 2.05) is 48.5 Å². The van der Waals surface area contributed by atoms with Crippen molar-refractivity contribution in [1.29, 1.82) is 0 Å². The molecule has 0 fully saturated rings. The third-order valence-corrected chi connectivity index (χ3v) is 7.40. The molecule has 2 atom stereocenters. The highest BCUT2D eigenvalue weighted by molar-refractivity contribution is 7.17. The van der Waals surface area contributed by atoms with Crippen LogP contribution in [0.1, 0.15) is 58.2 Å². The molecule has 0 aliphatic heterocycles. The molecule has 178 valence electrons. The van der Waals surface area contributed by atoms with Crippen molar-refractivity contribution in [2.45, 2.75) is 45.6 Å². The molecule has 2 N–H and O–H groups in total. The summed E-state index contributed by atoms with van der Waals surface area (Å²) in [6.45, 7) is 4.99. The first kappa shape index (κ1) is 24.2. The van der Waals surface area contributed by atoms with Crippen LogP contribution in [0.3, 0.4) is 0 Å². The topological polar surface area (TPSA) is 67.4 Å². The lowest BCUT2D eigenvalue weighted by atomic mass is 9.88. The molecular formula is C28H32N2O3S. The Kier molecular flexibility index (Phi) is 8.14. The number of benzene rings is 2. The Morgan fingerprint density at radius 3 is 2.50 bits per heavy atom. The zero-order valence-electron chi connectivity index (χ0n) is 19.8. The number of esters is 1. The van der Waals surface area contributed by atoms with Crippen LogP contribution in [0, 0.1) is 5.92 Å². The zero-order valence-corrected chi connectivity index (χ0v) is 20.6. The first-order valence-corrected chi connectivity index (χ1v) is 12.8. The van der Waals surface area contributed by atoms with Crippen molar-refractivity contribution >= 4 is 28.2 Å². The molecule has 6 heteroatoms. The second-order valence-electron chi connectivity index (χ2n) is 8.80. The monoisotopic (exact) mass is 476 g/mol. The number of ether oxygens (including phenoxy) is 1. The van der Waals surface area contributed by atoms with Gasteiger partial charge in [-0.25, -0.2) is 4.79 Å². The summed E-state index contributed by atoms with van der Waals surface area (Å²) >= 11 is 1.52. The molecule has 3 aromatic rings. The van der Waals surface area contributed by atoms with E-state index >= 15 is 0 Å². The SMILES string of the molecule is CCOC(=O)c1c(NC(=O)C(NCCc2ccccc2)c2ccccc2)sc2c1CCC(C)C2. The van der Waals surface area contributed by atoms with Gasteiger partial charge in [-0.3, -0.25) is 4.79 Å². The fraction of sp³-hybridized carbons (Fsp3) is 0.357. The van der Waals surface area contributed by atoms with Gasteiger partial charge in [0.1, 0.15) is 11.0 Å². The highest BCUT2D eigenvalue weighted by Crippen LogP contribution is 2.40. The summed E-state index contributed by atoms with van der Waals surface area (Å²) in [6, 6.07) is 19.4. The Morgan fingerprint density at radius 2 is 1.79 bits per heavy atom. The van der Waals surface area contributed by atoms with Gasteiger partial charge < -0.3 is 15.4 Å². The molecule has 1 aliphatic rings. The molecule has 4 rings (SSSR count). The lowest BCUT2D eigenvalue weighted by Crippen LogP contribution is -2.34. The Bertz CT molecular complexity index is 1110. The van der Waals surface area contributed by atoms with Crippen molar-refractivity contribution in [3.63, 3.8) is 0 Å². The first-order valence-electron chi connectivity index (χ1n) is 12.0. The van der Waals surface area contributed by atoms with Crippen LogP contribution in [0.4, 0.5) is 5.00 Å². The average Bonchev–Trinajstić information content (AvgIpc) is 3.20. The molecule has 0 radical (unpaired) electrons. The van der Waals surface area contributed by atoms with Crippen LogP contribution in [0.15, 0.2) is 60.7 Å². The lowest BCUT2D eigenvalue weighted by molar-refractivity contribution is -0.118. The number of rotatable bonds is 9. The van der Waals surface area contributed by atoms with E-state index in [2.05, 4.69) is 29.7 Å². The summed E-state index contributed by atoms with van der Waals surface area (Å²) < 4.78 is 5.36. The van der Waals surface area contributed by atoms with E-state index in [0.717, 1.165) is 36.8 Å². The summed E-state index contributed by atoms with van der Waals surface area (Å²) in [6.07, 6.45) is 3.63. The smallest absolute Gasteiger partial charge is 0.341 e. The van der Waals surface area contributed by atoms with Crippen molar-refractivity contribution < 1.29 is 14.3 Å². The Hall–Kier alpha value is -2.96. The van der Waals surface area contributed by atoms with Gasteiger partial charge in [0.2, 0.25) is 5.91 Å². The van der Waals surface area contributed by atoms with E-state index in [-0.39, 0.29) is 11.9 Å². The van der Waals surface area contributed by atoms with E-state index in [9.17, 15) is 9.59 Å². The van der Waals surface area contributed by atoms with E-state index in [1.54, 1.807) is 6.92 Å². The Morgan fingerprint density at radius 1 is 1.09 bits per heavy atom. The van der Waals surface area contributed by atoms with Gasteiger partial charge in [-0.05, 0) is 55.2 Å². The second-order valence-corrected chi connectivity index (χ2v) is 9.90. The van der Waals surface area contributed by atoms with Crippen LogP contribution >= 0.6 is 11.3 Å². The Balaban J connectivity index is 1.56. The largest absolute Gasteiger partial charge is 0.462 e. The van der Waals surface area contributed by atoms with Gasteiger partial charge in [-0.15, -0.1) is 11.3 Å². The van der Waals surface area contributed by atoms with Gasteiger partial charge in [-0.2, -0.15) is 0 Å². The van der Waals surface area contributed by atoms with Crippen molar-refractivity contribution in [3.8, 4) is 0 Å². The third kappa shape index (κ3) is 5.75. The van der Waals surface area contributed by atoms with Crippen LogP contribution < -0.4 is 10.6 Å². The fourth-order valence-electron chi connectivity index (χ4n) is 4.46. The van der Waals surface area contributed by atoms with Crippen LogP contribution in [-0.2, 0) is 28.8 Å². The fourth-order valence-corrected chi connectivity index (χ4v) is 5.86. The summed E-state index contributed by atoms with van der Waals surface area (Å²) in [5.41, 5.74) is 3.69. The van der Waals surface area contributed by atoms with Gasteiger partial charge in [-0.1, -0.05) is 67.6 Å². The molecule has 0 bridgehead atoms. The molecule has 1 heterocycles. The minimum absolute atomic E-state index is 0.170. The minimum atomic E-state index is -0.530. The zero-order chi connectivity index (χ0) is 23.9. The molecule has 1 aliphatic carbocycles. The van der Waals surface area contributed by atoms with Crippen LogP contribution in [0.25, 0.3) is 0 Å². The highest BCUT2D eigenvalue weighted by Gasteiger charge is 2.30. The number of hydrogen-bond donors (Lipinski definition) is 2. The second kappa shape index (κ2) is 11.4. The summed E-state index contributed by atoms with van der Waals surface area (Å²) in [5.74, 6) is 0.0519. The standard InChI is InChI=1S/C28H32N2O3S/c1-3-33-28(32)24-22-15-14-19(2)18-23(22)34-27(24)30-26(31)25(21-12-8-5-9-13-21)29-17-16-20-10-6-4-7-11-20/h4-13,19,25,29H,3,14-18H2,1-2H3,(H,30,31). The molecule has 1 amide bonds. The van der Waals surface area contributed by atoms with Gasteiger partial charge in [0, 0.05) is 11.4 Å². The maximum atomic E-state index is 13.5. The first-order chi connectivity index (χ1) is 16.6. The van der Waals surface area contributed by atoms with E-state index in [4.69, 9.17) is 4.74 Å². The number of carbonyl (C=O) groups excluding carboxylic acids is 2. The van der Waals surface area contributed by atoms with Crippen molar-refractivity contribution in [1.82, 2.24) is 5.32 Å². The molecule has 2 aromatic carbocycles. The van der Waals surface area contributed by atoms with Crippen molar-refractivity contribution in [3.05, 3.63) is 87.8 Å². The maximum Gasteiger partial charge on any atom is 0.341 e. The van der Waals surface area contributed by atoms with Crippen LogP contribution in [0.2, 0.25) is 0 Å². The number of thiophene rings is 1. The van der Waals surface area contributed by atoms with Crippen LogP contribution in [-0.4, -0.2) is 25.0 Å². The third-order valence-electron chi connectivity index (χ3n) is 6.23. The summed E-state index contributed by atoms with van der Waals surface area (Å²) in [4.78, 5) is 27.6. The number of nitrogens with one attached hydrogen (secondary N) is 2. The van der Waals surface area contributed by atoms with E-state index < -0.39 is 6.04 Å². The molecule has 5 nitrogen and oxygen atoms in total. The molecule has 1 aromatic heterocycles. The summed E-state index contributed by atoms with van der Waals surface area (Å²) in [7, 11) is 0. The van der Waals surface area contributed by atoms with Crippen molar-refractivity contribution in [2.24, 2.45) is 5.92 Å². The maximum absolute atomic E-state index is 13.5. The molecule has 0 saturated heterocycles. The van der Waals surface area contributed by atoms with Gasteiger partial charge in [0.05, 0.1) is 12.2 Å². The normalized spacial score (nSPS) is 15.9. The van der Waals surface area contributed by atoms with Crippen LogP contribution in [0.5, 0.6) is 0 Å². The number of carbonyl (C=O) groups is 2. The molecule has 0 spiro atoms. The summed E-state index contributed by atoms with van der Waals surface area (Å²) in [5, 5.41) is 7.11. The van der Waals surface area contributed by atoms with Gasteiger partial charge in [0.15, 0.2) is 0 Å². The Labute approximate surface area is 205 Å². The molecule has 2 unspecified atom stereocenters. The molecular weight excluding hydrogens is 444 g/mol. The number of hydrogen-bond acceptors (Lipinski definition) is 5. The van der Waals surface area contributed by atoms with E-state index in [1.165, 1.54) is 21.8 Å².